The minimum atomic E-state index is -0.717. The molecule has 0 spiro atoms. The van der Waals surface area contributed by atoms with Crippen molar-refractivity contribution in [3.63, 3.8) is 0 Å². The number of aromatic amines is 1. The zero-order valence-electron chi connectivity index (χ0n) is 10.1. The highest BCUT2D eigenvalue weighted by molar-refractivity contribution is 5.72. The number of hydrogen-bond donors (Lipinski definition) is 1. The lowest BCUT2D eigenvalue weighted by atomic mass is 10.3. The predicted molar refractivity (Wildman–Crippen MR) is 63.5 cm³/mol. The van der Waals surface area contributed by atoms with E-state index in [2.05, 4.69) is 4.98 Å². The average molecular weight is 265 g/mol. The van der Waals surface area contributed by atoms with Crippen LogP contribution in [-0.2, 0) is 9.53 Å². The zero-order valence-corrected chi connectivity index (χ0v) is 10.1. The van der Waals surface area contributed by atoms with Crippen molar-refractivity contribution in [2.45, 2.75) is 6.92 Å². The molecule has 1 aromatic heterocycles. The summed E-state index contributed by atoms with van der Waals surface area (Å²) in [5.41, 5.74) is -0.262. The molecule has 2 rings (SSSR count). The third kappa shape index (κ3) is 3.18. The molecule has 0 aliphatic heterocycles. The highest BCUT2D eigenvalue weighted by atomic mass is 16.6. The van der Waals surface area contributed by atoms with Crippen molar-refractivity contribution in [2.24, 2.45) is 0 Å². The third-order valence-electron chi connectivity index (χ3n) is 2.24. The maximum absolute atomic E-state index is 11.5. The molecular weight excluding hydrogens is 254 g/mol. The Balaban J connectivity index is 2.13. The Morgan fingerprint density at radius 3 is 3.00 bits per heavy atom. The van der Waals surface area contributed by atoms with Crippen LogP contribution in [0.2, 0.25) is 0 Å². The zero-order chi connectivity index (χ0) is 13.8. The minimum Gasteiger partial charge on any atom is -0.595 e. The first-order valence-electron chi connectivity index (χ1n) is 5.46. The van der Waals surface area contributed by atoms with Gasteiger partial charge in [-0.15, -0.1) is 0 Å². The summed E-state index contributed by atoms with van der Waals surface area (Å²) in [4.78, 5) is 25.5. The molecule has 0 saturated heterocycles. The van der Waals surface area contributed by atoms with Crippen LogP contribution in [0.3, 0.4) is 0 Å². The van der Waals surface area contributed by atoms with Crippen molar-refractivity contribution in [2.75, 3.05) is 13.2 Å². The van der Waals surface area contributed by atoms with Gasteiger partial charge in [0.2, 0.25) is 0 Å². The normalized spacial score (nSPS) is 10.4. The number of hydrogen-bond acceptors (Lipinski definition) is 6. The van der Waals surface area contributed by atoms with Gasteiger partial charge in [-0.25, -0.2) is 4.79 Å². The second-order valence-corrected chi connectivity index (χ2v) is 3.66. The van der Waals surface area contributed by atoms with Crippen LogP contribution in [-0.4, -0.2) is 29.3 Å². The van der Waals surface area contributed by atoms with Gasteiger partial charge in [0.05, 0.1) is 6.07 Å². The molecule has 0 bridgehead atoms. The standard InChI is InChI=1S/C11H11N3O5/c1-7(15)18-4-5-19-8-2-3-9-10(6-8)14(17)13-11(16)12-9/h2-3,6H,4-5H2,1H3,(H,12,13,16). The smallest absolute Gasteiger partial charge is 0.395 e. The van der Waals surface area contributed by atoms with Gasteiger partial charge in [0, 0.05) is 6.92 Å². The lowest BCUT2D eigenvalue weighted by molar-refractivity contribution is -0.644. The number of carbonyl (C=O) groups is 1. The Morgan fingerprint density at radius 2 is 2.26 bits per heavy atom. The summed E-state index contributed by atoms with van der Waals surface area (Å²) in [5.74, 6) is 0.0272. The van der Waals surface area contributed by atoms with Gasteiger partial charge in [0.1, 0.15) is 24.5 Å². The van der Waals surface area contributed by atoms with Gasteiger partial charge in [-0.2, -0.15) is 4.98 Å². The lowest BCUT2D eigenvalue weighted by Crippen LogP contribution is -2.39. The first kappa shape index (κ1) is 12.8. The van der Waals surface area contributed by atoms with Gasteiger partial charge in [-0.05, 0) is 12.1 Å². The van der Waals surface area contributed by atoms with Crippen LogP contribution < -0.4 is 15.3 Å². The molecule has 0 unspecified atom stereocenters. The molecule has 0 fully saturated rings. The topological polar surface area (TPSA) is 108 Å². The summed E-state index contributed by atoms with van der Waals surface area (Å²) >= 11 is 0. The highest BCUT2D eigenvalue weighted by Gasteiger charge is 2.08. The Bertz CT molecular complexity index is 667. The summed E-state index contributed by atoms with van der Waals surface area (Å²) in [6.45, 7) is 1.59. The van der Waals surface area contributed by atoms with Crippen LogP contribution in [0.5, 0.6) is 5.75 Å². The number of ether oxygens (including phenoxy) is 2. The summed E-state index contributed by atoms with van der Waals surface area (Å²) in [6.07, 6.45) is 0. The number of nitrogens with zero attached hydrogens (tertiary/aromatic N) is 2. The molecule has 1 heterocycles. The van der Waals surface area contributed by atoms with E-state index in [1.165, 1.54) is 19.1 Å². The molecule has 0 amide bonds. The SMILES string of the molecule is CC(=O)OCCOc1ccc2nc(=O)[nH][n+]([O-])c2c1. The van der Waals surface area contributed by atoms with Gasteiger partial charge in [0.15, 0.2) is 0 Å². The lowest BCUT2D eigenvalue weighted by Gasteiger charge is -2.06. The number of fused-ring (bicyclic) bond motifs is 1. The largest absolute Gasteiger partial charge is 0.595 e. The monoisotopic (exact) mass is 265 g/mol. The van der Waals surface area contributed by atoms with Crippen molar-refractivity contribution < 1.29 is 19.1 Å². The first-order valence-corrected chi connectivity index (χ1v) is 5.46. The molecular formula is C11H11N3O5. The van der Waals surface area contributed by atoms with E-state index in [9.17, 15) is 14.8 Å². The fourth-order valence-corrected chi connectivity index (χ4v) is 1.48. The number of esters is 1. The van der Waals surface area contributed by atoms with E-state index < -0.39 is 5.69 Å². The summed E-state index contributed by atoms with van der Waals surface area (Å²) < 4.78 is 10.0. The van der Waals surface area contributed by atoms with Crippen LogP contribution in [0.25, 0.3) is 11.0 Å². The van der Waals surface area contributed by atoms with E-state index in [-0.39, 0.29) is 30.2 Å². The summed E-state index contributed by atoms with van der Waals surface area (Å²) in [5, 5.41) is 13.5. The molecule has 100 valence electrons. The van der Waals surface area contributed by atoms with Crippen LogP contribution in [0.1, 0.15) is 6.92 Å². The average Bonchev–Trinajstić information content (AvgIpc) is 2.35. The van der Waals surface area contributed by atoms with Crippen molar-refractivity contribution in [3.8, 4) is 5.75 Å². The second kappa shape index (κ2) is 5.34. The fraction of sp³-hybridized carbons (Fsp3) is 0.273. The Hall–Kier alpha value is -2.64. The summed E-state index contributed by atoms with van der Waals surface area (Å²) in [6, 6.07) is 4.52. The van der Waals surface area contributed by atoms with E-state index in [0.717, 1.165) is 0 Å². The van der Waals surface area contributed by atoms with E-state index in [1.807, 2.05) is 5.10 Å². The summed E-state index contributed by atoms with van der Waals surface area (Å²) in [7, 11) is 0. The van der Waals surface area contributed by atoms with Crippen LogP contribution >= 0.6 is 0 Å². The number of nitrogens with one attached hydrogen (secondary N) is 1. The number of aromatic nitrogens is 3. The number of carbonyl (C=O) groups excluding carboxylic acids is 1. The molecule has 1 aromatic carbocycles. The van der Waals surface area contributed by atoms with E-state index in [1.54, 1.807) is 6.07 Å². The maximum Gasteiger partial charge on any atom is 0.395 e. The van der Waals surface area contributed by atoms with Gasteiger partial charge in [0.25, 0.3) is 5.52 Å². The molecule has 0 aliphatic rings. The minimum absolute atomic E-state index is 0.120. The molecule has 0 aliphatic carbocycles. The van der Waals surface area contributed by atoms with Crippen LogP contribution in [0.15, 0.2) is 23.0 Å². The predicted octanol–water partition coefficient (Wildman–Crippen LogP) is -0.502. The molecule has 8 nitrogen and oxygen atoms in total. The number of benzene rings is 1. The van der Waals surface area contributed by atoms with E-state index in [0.29, 0.717) is 10.6 Å². The van der Waals surface area contributed by atoms with E-state index in [4.69, 9.17) is 9.47 Å². The molecule has 1 N–H and O–H groups in total. The van der Waals surface area contributed by atoms with Gasteiger partial charge < -0.3 is 14.7 Å². The molecule has 0 radical (unpaired) electrons. The van der Waals surface area contributed by atoms with Crippen LogP contribution in [0, 0.1) is 5.21 Å². The molecule has 0 atom stereocenters. The Morgan fingerprint density at radius 1 is 1.47 bits per heavy atom. The second-order valence-electron chi connectivity index (χ2n) is 3.66. The number of rotatable bonds is 4. The highest BCUT2D eigenvalue weighted by Crippen LogP contribution is 2.15. The molecule has 2 aromatic rings. The molecule has 0 saturated carbocycles. The van der Waals surface area contributed by atoms with Crippen molar-refractivity contribution in [3.05, 3.63) is 33.9 Å². The number of H-pyrrole nitrogens is 1. The third-order valence-corrected chi connectivity index (χ3v) is 2.24. The van der Waals surface area contributed by atoms with Gasteiger partial charge >= 0.3 is 11.7 Å². The van der Waals surface area contributed by atoms with Crippen LogP contribution in [0.4, 0.5) is 0 Å². The first-order chi connectivity index (χ1) is 9.06. The molecule has 8 heteroatoms. The van der Waals surface area contributed by atoms with Crippen molar-refractivity contribution in [1.29, 1.82) is 0 Å². The van der Waals surface area contributed by atoms with Gasteiger partial charge in [-0.3, -0.25) is 4.79 Å². The van der Waals surface area contributed by atoms with Crippen molar-refractivity contribution >= 4 is 17.0 Å². The van der Waals surface area contributed by atoms with Crippen molar-refractivity contribution in [1.82, 2.24) is 10.1 Å². The Labute approximate surface area is 107 Å². The Kier molecular flexibility index (Phi) is 3.60. The molecule has 19 heavy (non-hydrogen) atoms. The fourth-order valence-electron chi connectivity index (χ4n) is 1.48. The maximum atomic E-state index is 11.5. The quantitative estimate of drug-likeness (QED) is 0.345. The van der Waals surface area contributed by atoms with Gasteiger partial charge in [-0.1, -0.05) is 9.94 Å². The van der Waals surface area contributed by atoms with E-state index >= 15 is 0 Å².